The molecule has 0 saturated carbocycles. The molecule has 2 unspecified atom stereocenters. The number of hydrogen-bond donors (Lipinski definition) is 0. The highest BCUT2D eigenvalue weighted by Crippen LogP contribution is 2.56. The third kappa shape index (κ3) is 8.95. The minimum absolute atomic E-state index is 0.440. The minimum Gasteiger partial charge on any atom is -0.455 e. The van der Waals surface area contributed by atoms with Crippen molar-refractivity contribution in [2.75, 3.05) is 0 Å². The predicted octanol–water partition coefficient (Wildman–Crippen LogP) is 28.7. The lowest BCUT2D eigenvalue weighted by atomic mass is 9.78. The summed E-state index contributed by atoms with van der Waals surface area (Å²) in [5.41, 5.74) is -23.2. The molecule has 0 fully saturated rings. The highest BCUT2D eigenvalue weighted by molar-refractivity contribution is 6.25. The van der Waals surface area contributed by atoms with E-state index in [9.17, 15) is 35.6 Å². The molecule has 0 radical (unpaired) electrons. The van der Waals surface area contributed by atoms with Crippen molar-refractivity contribution in [2.24, 2.45) is 0 Å². The molecule has 0 N–H and O–H groups in total. The highest BCUT2D eigenvalue weighted by atomic mass is 16.3. The van der Waals surface area contributed by atoms with Gasteiger partial charge in [0, 0.05) is 51.4 Å². The van der Waals surface area contributed by atoms with Crippen LogP contribution in [-0.4, -0.2) is 0 Å². The van der Waals surface area contributed by atoms with E-state index in [1.165, 1.54) is 0 Å². The first kappa shape index (κ1) is 24.7. The van der Waals surface area contributed by atoms with E-state index >= 15 is 0 Å². The van der Waals surface area contributed by atoms with Crippen molar-refractivity contribution in [2.45, 2.75) is 38.4 Å². The van der Waals surface area contributed by atoms with Gasteiger partial charge in [0.2, 0.25) is 0 Å². The second-order valence-corrected chi connectivity index (χ2v) is 24.3. The molecule has 2 atom stereocenters. The van der Waals surface area contributed by atoms with Gasteiger partial charge in [0.05, 0.1) is 76.8 Å². The Kier molecular flexibility index (Phi) is 5.42. The van der Waals surface area contributed by atoms with Gasteiger partial charge in [0.15, 0.2) is 0 Å². The molecule has 2 aliphatic rings. The van der Waals surface area contributed by atoms with Crippen LogP contribution in [0.3, 0.4) is 0 Å². The summed E-state index contributed by atoms with van der Waals surface area (Å²) in [4.78, 5) is 0. The maximum Gasteiger partial charge on any atom is 0.143 e. The van der Waals surface area contributed by atoms with Gasteiger partial charge in [-0.05, 0) is 220 Å². The van der Waals surface area contributed by atoms with E-state index in [1.54, 1.807) is 0 Å². The Labute approximate surface area is 690 Å². The maximum atomic E-state index is 10.2. The third-order valence-corrected chi connectivity index (χ3v) is 18.4. The Balaban J connectivity index is 0.000000189. The van der Waals surface area contributed by atoms with E-state index in [2.05, 4.69) is 0 Å². The van der Waals surface area contributed by atoms with Gasteiger partial charge in [-0.3, -0.25) is 0 Å². The third-order valence-electron chi connectivity index (χ3n) is 18.4. The zero-order valence-electron chi connectivity index (χ0n) is 115. The summed E-state index contributed by atoms with van der Waals surface area (Å²) in [6.45, 7) is -4.89. The summed E-state index contributed by atoms with van der Waals surface area (Å²) in [6.07, 6.45) is 0. The van der Waals surface area contributed by atoms with Crippen LogP contribution in [0.4, 0.5) is 0 Å². The zero-order valence-corrected chi connectivity index (χ0v) is 52.8. The second kappa shape index (κ2) is 22.8. The SMILES string of the molecule is [2H]c1c([2H])c(-c2c([2H])c([2H])c([2H])c3c2C(C)(C([2H])([2H])[2H])c2c([2H])c([2H])c([2H])c([2H])c2-3)c([2H])c(-c2c3c([2H])c([2H])c([2H])c([2H])c3c(-c3c([2H])c([2H])c4oc5c6c([2H])c([2H])c([2H])c([2H])c6c([2H])c([2H])c5c4c3[2H])c3c([2H])c([2H])c([2H])c([2H])c23)c1[2H].[2H]c1c([2H])c([2H])c(-c2c([2H])c([2H])c3c(c2[2H])C(C)(C([2H])([2H])[2H])c2c([2H])c(-c4c5c([2H])c([2H])c([2H])c([2H])c5c(-c5c([2H])c([2H])c6oc7c8c([2H])c([2H])c([2H])c([2H])c8c([2H])c([2H])c7c6c5[2H])c5c([2H])c([2H])c([2H])c([2H])c45)c([2H])c([2H])c2-3)c([2H])c1[2H]. The van der Waals surface area contributed by atoms with Crippen LogP contribution < -0.4 is 0 Å². The Morgan fingerprint density at radius 3 is 1.11 bits per heavy atom. The van der Waals surface area contributed by atoms with Crippen LogP contribution in [0.1, 0.15) is 135 Å². The first-order valence-electron chi connectivity index (χ1n) is 62.3. The standard InChI is InChI=1S/2C51H34O/c1-51(2)45-24-10-9-17-37(45)42-23-12-22-35(49(42)51)32-14-11-15-33(29-32)47-38-18-5-7-20-40(38)48(41-21-8-6-19-39(41)47)34-26-28-46-44(30-34)43-27-25-31-13-3-4-16-36(31)50(43)52-46;1-51(2)45-29-33(31-12-4-3-5-13-31)21-24-37(45)38-25-22-35(30-46(38)51)49-41-18-10-8-16-39(41)48(40-17-9-11-19-42(40)49)34-23-27-47-44(28-34)43-26-20-32-14-6-7-15-36(32)50(43)52-47/h2*3-30H,1-2H3/i2*1D3,3D,4D,5D,6D,7D,8D,9D,10D,11D,12D,13D,14D,15D,16D,17D,18D,19D,20D,21D,22D,23D,24D,25D,26D,27D,28D,29D,30D. The average Bonchev–Trinajstić information content (AvgIpc) is 1.48. The molecule has 18 aromatic carbocycles. The van der Waals surface area contributed by atoms with Gasteiger partial charge in [-0.25, -0.2) is 0 Å². The van der Waals surface area contributed by atoms with E-state index in [1.807, 2.05) is 0 Å². The summed E-state index contributed by atoms with van der Waals surface area (Å²) in [5, 5.41) is -10.4. The predicted molar refractivity (Wildman–Crippen MR) is 440 cm³/mol. The van der Waals surface area contributed by atoms with Gasteiger partial charge in [-0.1, -0.05) is 312 Å². The number of benzene rings is 18. The second-order valence-electron chi connectivity index (χ2n) is 24.3. The summed E-state index contributed by atoms with van der Waals surface area (Å²) >= 11 is 0. The fraction of sp³-hybridized carbons (Fsp3) is 0.0588. The number of fused-ring (bicyclic) bond motifs is 20. The summed E-state index contributed by atoms with van der Waals surface area (Å²) in [5.74, 6) is 0. The van der Waals surface area contributed by atoms with Crippen molar-refractivity contribution in [1.29, 1.82) is 0 Å². The van der Waals surface area contributed by atoms with Crippen LogP contribution in [0.25, 0.3) is 198 Å². The van der Waals surface area contributed by atoms with Crippen LogP contribution in [0.2, 0.25) is 0 Å². The topological polar surface area (TPSA) is 26.3 Å². The minimum atomic E-state index is -3.48. The van der Waals surface area contributed by atoms with Gasteiger partial charge in [-0.15, -0.1) is 0 Å². The van der Waals surface area contributed by atoms with Gasteiger partial charge in [-0.2, -0.15) is 0 Å². The molecule has 2 nitrogen and oxygen atoms in total. The molecule has 0 amide bonds. The summed E-state index contributed by atoms with van der Waals surface area (Å²) in [6, 6.07) is -53.6. The normalized spacial score (nSPS) is 23.8. The van der Waals surface area contributed by atoms with Crippen LogP contribution >= 0.6 is 0 Å². The number of hydrogen-bond acceptors (Lipinski definition) is 2. The monoisotopic (exact) mass is 1390 g/mol. The number of furan rings is 2. The fourth-order valence-corrected chi connectivity index (χ4v) is 13.9. The molecule has 2 heteroatoms. The lowest BCUT2D eigenvalue weighted by Gasteiger charge is -2.25. The molecular weight excluding hydrogens is 1260 g/mol. The Bertz CT molecular complexity index is 10700. The van der Waals surface area contributed by atoms with Crippen LogP contribution in [0, 0.1) is 0 Å². The molecule has 0 spiro atoms. The first-order chi connectivity index (χ1) is 77.0. The van der Waals surface area contributed by atoms with Crippen molar-refractivity contribution in [3.8, 4) is 89.0 Å². The number of rotatable bonds is 6. The van der Waals surface area contributed by atoms with Crippen molar-refractivity contribution < 1.29 is 93.8 Å². The van der Waals surface area contributed by atoms with Gasteiger partial charge in [0.25, 0.3) is 0 Å². The van der Waals surface area contributed by atoms with Crippen LogP contribution in [0.15, 0.2) is 347 Å². The fourth-order valence-electron chi connectivity index (χ4n) is 13.9. The van der Waals surface area contributed by atoms with Crippen molar-refractivity contribution in [3.63, 3.8) is 0 Å². The molecule has 0 aliphatic heterocycles. The molecule has 0 bridgehead atoms. The van der Waals surface area contributed by atoms with Crippen LogP contribution in [0.5, 0.6) is 0 Å². The Morgan fingerprint density at radius 2 is 0.596 bits per heavy atom. The lowest BCUT2D eigenvalue weighted by Crippen LogP contribution is -2.16. The molecule has 2 heterocycles. The van der Waals surface area contributed by atoms with Crippen molar-refractivity contribution >= 4 is 109 Å². The molecule has 0 saturated heterocycles. The van der Waals surface area contributed by atoms with E-state index in [-0.39, 0.29) is 0 Å². The van der Waals surface area contributed by atoms with Gasteiger partial charge >= 0.3 is 0 Å². The molecule has 20 aromatic rings. The molecule has 2 aromatic heterocycles. The van der Waals surface area contributed by atoms with Gasteiger partial charge < -0.3 is 8.83 Å². The molecule has 22 rings (SSSR count). The van der Waals surface area contributed by atoms with Gasteiger partial charge in [0.1, 0.15) is 22.3 Å². The van der Waals surface area contributed by atoms with Crippen LogP contribution in [-0.2, 0) is 10.8 Å². The Hall–Kier alpha value is -12.9. The quantitative estimate of drug-likeness (QED) is 0.155. The molecule has 104 heavy (non-hydrogen) atoms. The lowest BCUT2D eigenvalue weighted by molar-refractivity contribution is 0.661. The summed E-state index contributed by atoms with van der Waals surface area (Å²) < 4.78 is 578. The average molecular weight is 1390 g/mol. The van der Waals surface area contributed by atoms with E-state index in [0.29, 0.717) is 0 Å². The molecule has 2 aliphatic carbocycles. The van der Waals surface area contributed by atoms with E-state index in [0.717, 1.165) is 13.8 Å². The maximum absolute atomic E-state index is 10.2. The smallest absolute Gasteiger partial charge is 0.143 e. The zero-order chi connectivity index (χ0) is 123. The van der Waals surface area contributed by atoms with E-state index in [4.69, 9.17) is 58.2 Å². The largest absolute Gasteiger partial charge is 0.455 e. The molecular formula is C102H68O2. The van der Waals surface area contributed by atoms with Crippen molar-refractivity contribution in [1.82, 2.24) is 0 Å². The van der Waals surface area contributed by atoms with Crippen molar-refractivity contribution in [3.05, 3.63) is 361 Å². The summed E-state index contributed by atoms with van der Waals surface area (Å²) in [7, 11) is 0. The Morgan fingerprint density at radius 1 is 0.231 bits per heavy atom. The molecule has 488 valence electrons. The van der Waals surface area contributed by atoms with E-state index < -0.39 is 583 Å². The highest BCUT2D eigenvalue weighted by Gasteiger charge is 2.39. The first-order valence-corrected chi connectivity index (χ1v) is 31.3.